The Balaban J connectivity index is 1.94. The molecule has 0 radical (unpaired) electrons. The lowest BCUT2D eigenvalue weighted by molar-refractivity contribution is -0.132. The second-order valence-corrected chi connectivity index (χ2v) is 9.79. The van der Waals surface area contributed by atoms with Gasteiger partial charge in [0, 0.05) is 5.56 Å². The molecule has 0 bridgehead atoms. The fourth-order valence-electron chi connectivity index (χ4n) is 4.37. The topological polar surface area (TPSA) is 135 Å². The van der Waals surface area contributed by atoms with Gasteiger partial charge < -0.3 is 24.4 Å². The summed E-state index contributed by atoms with van der Waals surface area (Å²) in [6.07, 6.45) is 1.43. The number of rotatable bonds is 9. The number of ether oxygens (including phenoxy) is 3. The maximum atomic E-state index is 13.5. The Morgan fingerprint density at radius 1 is 1.20 bits per heavy atom. The number of aromatic hydroxyl groups is 1. The van der Waals surface area contributed by atoms with Crippen molar-refractivity contribution in [2.45, 2.75) is 26.8 Å². The average molecular weight is 565 g/mol. The number of hydrogen-bond acceptors (Lipinski definition) is 10. The molecule has 1 saturated heterocycles. The summed E-state index contributed by atoms with van der Waals surface area (Å²) in [7, 11) is 1.51. The molecule has 2 heterocycles. The summed E-state index contributed by atoms with van der Waals surface area (Å²) in [5, 5.41) is 21.8. The molecule has 1 aliphatic heterocycles. The van der Waals surface area contributed by atoms with Gasteiger partial charge in [-0.05, 0) is 62.2 Å². The van der Waals surface area contributed by atoms with Crippen LogP contribution in [0.2, 0.25) is 0 Å². The molecule has 1 amide bonds. The molecule has 10 nitrogen and oxygen atoms in total. The lowest BCUT2D eigenvalue weighted by Gasteiger charge is -2.24. The summed E-state index contributed by atoms with van der Waals surface area (Å²) in [5.74, 6) is -2.36. The number of esters is 1. The predicted molar refractivity (Wildman–Crippen MR) is 149 cm³/mol. The minimum atomic E-state index is -1.15. The van der Waals surface area contributed by atoms with Gasteiger partial charge in [0.25, 0.3) is 5.78 Å². The Kier molecular flexibility index (Phi) is 8.24. The van der Waals surface area contributed by atoms with Gasteiger partial charge in [0.15, 0.2) is 16.6 Å². The number of aryl methyl sites for hydroxylation is 2. The van der Waals surface area contributed by atoms with E-state index >= 15 is 0 Å². The van der Waals surface area contributed by atoms with Crippen LogP contribution in [0.4, 0.5) is 5.13 Å². The van der Waals surface area contributed by atoms with E-state index in [1.54, 1.807) is 39.0 Å². The zero-order chi connectivity index (χ0) is 29.1. The molecule has 0 spiro atoms. The van der Waals surface area contributed by atoms with Crippen molar-refractivity contribution in [2.24, 2.45) is 0 Å². The van der Waals surface area contributed by atoms with Crippen LogP contribution in [0.1, 0.15) is 45.0 Å². The minimum absolute atomic E-state index is 0.00898. The highest BCUT2D eigenvalue weighted by Crippen LogP contribution is 2.45. The summed E-state index contributed by atoms with van der Waals surface area (Å²) >= 11 is 0.886. The zero-order valence-electron chi connectivity index (χ0n) is 22.4. The Morgan fingerprint density at radius 2 is 1.95 bits per heavy atom. The lowest BCUT2D eigenvalue weighted by atomic mass is 9.93. The van der Waals surface area contributed by atoms with Crippen LogP contribution in [0.15, 0.2) is 54.6 Å². The first kappa shape index (κ1) is 28.4. The number of carbonyl (C=O) groups is 3. The molecule has 3 aromatic rings. The van der Waals surface area contributed by atoms with Crippen LogP contribution < -0.4 is 14.4 Å². The number of phenols is 1. The molecular formula is C29H28N2O8S. The Bertz CT molecular complexity index is 1540. The molecule has 2 N–H and O–H groups in total. The molecule has 0 unspecified atom stereocenters. The number of phenolic OH excluding ortho intramolecular Hbond substituents is 1. The van der Waals surface area contributed by atoms with Gasteiger partial charge in [-0.25, -0.2) is 9.78 Å². The van der Waals surface area contributed by atoms with E-state index in [-0.39, 0.29) is 40.3 Å². The number of carbonyl (C=O) groups excluding carboxylic acids is 3. The molecule has 1 aliphatic rings. The molecule has 1 atom stereocenters. The summed E-state index contributed by atoms with van der Waals surface area (Å²) in [6, 6.07) is 8.17. The molecular weight excluding hydrogens is 536 g/mol. The molecule has 1 fully saturated rings. The zero-order valence-corrected chi connectivity index (χ0v) is 23.2. The number of aromatic nitrogens is 1. The molecule has 11 heteroatoms. The number of Topliss-reactive ketones (excluding diaryl/α,β-unsaturated/α-hetero) is 1. The van der Waals surface area contributed by atoms with Gasteiger partial charge in [-0.3, -0.25) is 14.5 Å². The smallest absolute Gasteiger partial charge is 0.350 e. The summed E-state index contributed by atoms with van der Waals surface area (Å²) < 4.78 is 15.9. The number of anilines is 1. The van der Waals surface area contributed by atoms with Gasteiger partial charge in [-0.1, -0.05) is 30.1 Å². The van der Waals surface area contributed by atoms with Crippen molar-refractivity contribution in [3.05, 3.63) is 81.9 Å². The van der Waals surface area contributed by atoms with Crippen molar-refractivity contribution < 1.29 is 38.8 Å². The van der Waals surface area contributed by atoms with Crippen molar-refractivity contribution in [1.82, 2.24) is 4.98 Å². The van der Waals surface area contributed by atoms with Gasteiger partial charge in [0.05, 0.1) is 31.0 Å². The van der Waals surface area contributed by atoms with E-state index in [0.29, 0.717) is 28.1 Å². The van der Waals surface area contributed by atoms with E-state index in [4.69, 9.17) is 14.2 Å². The normalized spacial score (nSPS) is 16.2. The van der Waals surface area contributed by atoms with Gasteiger partial charge in [0.2, 0.25) is 0 Å². The van der Waals surface area contributed by atoms with Gasteiger partial charge in [-0.15, -0.1) is 0 Å². The van der Waals surface area contributed by atoms with Crippen molar-refractivity contribution in [3.63, 3.8) is 0 Å². The molecule has 0 saturated carbocycles. The second-order valence-electron chi connectivity index (χ2n) is 8.81. The van der Waals surface area contributed by atoms with Crippen LogP contribution >= 0.6 is 11.3 Å². The lowest BCUT2D eigenvalue weighted by Crippen LogP contribution is -2.29. The third kappa shape index (κ3) is 5.15. The van der Waals surface area contributed by atoms with Crippen molar-refractivity contribution in [1.29, 1.82) is 0 Å². The summed E-state index contributed by atoms with van der Waals surface area (Å²) in [6.45, 7) is 8.84. The molecule has 40 heavy (non-hydrogen) atoms. The Hall–Kier alpha value is -4.64. The minimum Gasteiger partial charge on any atom is -0.507 e. The monoisotopic (exact) mass is 564 g/mol. The predicted octanol–water partition coefficient (Wildman–Crippen LogP) is 4.84. The van der Waals surface area contributed by atoms with Crippen molar-refractivity contribution in [3.8, 4) is 17.2 Å². The number of amides is 1. The number of benzene rings is 2. The molecule has 4 rings (SSSR count). The van der Waals surface area contributed by atoms with E-state index < -0.39 is 29.5 Å². The maximum absolute atomic E-state index is 13.5. The van der Waals surface area contributed by atoms with Crippen LogP contribution in [-0.2, 0) is 14.3 Å². The van der Waals surface area contributed by atoms with Crippen molar-refractivity contribution >= 4 is 39.9 Å². The summed E-state index contributed by atoms with van der Waals surface area (Å²) in [5.41, 5.74) is 1.43. The van der Waals surface area contributed by atoms with Crippen LogP contribution in [0.5, 0.6) is 17.2 Å². The van der Waals surface area contributed by atoms with E-state index in [1.807, 2.05) is 0 Å². The van der Waals surface area contributed by atoms with Gasteiger partial charge in [0.1, 0.15) is 23.0 Å². The first-order valence-corrected chi connectivity index (χ1v) is 13.1. The highest BCUT2D eigenvalue weighted by molar-refractivity contribution is 7.17. The SMILES string of the molecule is C=CCOC(=O)c1sc(N2C(=O)C(=O)C(=C(O)c3ccc(OC)cc3C)[C@@H]2c2ccc(O)c(OCC)c2)nc1C. The highest BCUT2D eigenvalue weighted by atomic mass is 32.1. The maximum Gasteiger partial charge on any atom is 0.350 e. The number of nitrogens with zero attached hydrogens (tertiary/aromatic N) is 2. The summed E-state index contributed by atoms with van der Waals surface area (Å²) in [4.78, 5) is 45.3. The first-order valence-electron chi connectivity index (χ1n) is 12.3. The van der Waals surface area contributed by atoms with E-state index in [1.165, 1.54) is 31.4 Å². The molecule has 0 aliphatic carbocycles. The van der Waals surface area contributed by atoms with Crippen LogP contribution in [-0.4, -0.2) is 53.2 Å². The van der Waals surface area contributed by atoms with Gasteiger partial charge in [-0.2, -0.15) is 0 Å². The highest BCUT2D eigenvalue weighted by Gasteiger charge is 2.48. The van der Waals surface area contributed by atoms with E-state index in [2.05, 4.69) is 11.6 Å². The number of thiazole rings is 1. The fraction of sp³-hybridized carbons (Fsp3) is 0.241. The average Bonchev–Trinajstić information content (AvgIpc) is 3.44. The third-order valence-electron chi connectivity index (χ3n) is 6.24. The molecule has 2 aromatic carbocycles. The van der Waals surface area contributed by atoms with E-state index in [0.717, 1.165) is 16.2 Å². The number of aliphatic hydroxyl groups excluding tert-OH is 1. The second kappa shape index (κ2) is 11.6. The quantitative estimate of drug-likeness (QED) is 0.123. The first-order chi connectivity index (χ1) is 19.1. The Morgan fingerprint density at radius 3 is 2.60 bits per heavy atom. The molecule has 1 aromatic heterocycles. The van der Waals surface area contributed by atoms with Crippen molar-refractivity contribution in [2.75, 3.05) is 25.2 Å². The third-order valence-corrected chi connectivity index (χ3v) is 7.38. The number of ketones is 1. The van der Waals surface area contributed by atoms with Gasteiger partial charge >= 0.3 is 11.9 Å². The number of methoxy groups -OCH3 is 1. The number of hydrogen-bond donors (Lipinski definition) is 2. The van der Waals surface area contributed by atoms with E-state index in [9.17, 15) is 24.6 Å². The standard InChI is InChI=1S/C29H28N2O8S/c1-6-12-39-28(36)26-16(4)30-29(40-26)31-23(17-8-11-20(32)21(14-17)38-7-2)22(25(34)27(31)35)24(33)19-10-9-18(37-5)13-15(19)3/h6,8-11,13-14,23,32-33H,1,7,12H2,2-5H3/t23-/m0/s1. The Labute approximate surface area is 234 Å². The molecule has 208 valence electrons. The van der Waals surface area contributed by atoms with Crippen LogP contribution in [0.3, 0.4) is 0 Å². The fourth-order valence-corrected chi connectivity index (χ4v) is 5.35. The number of aliphatic hydroxyl groups is 1. The van der Waals surface area contributed by atoms with Crippen LogP contribution in [0.25, 0.3) is 5.76 Å². The van der Waals surface area contributed by atoms with Crippen LogP contribution in [0, 0.1) is 13.8 Å². The largest absolute Gasteiger partial charge is 0.507 e.